The van der Waals surface area contributed by atoms with E-state index in [2.05, 4.69) is 72.7 Å². The molecule has 0 spiro atoms. The van der Waals surface area contributed by atoms with E-state index in [1.54, 1.807) is 0 Å². The van der Waals surface area contributed by atoms with Crippen molar-refractivity contribution in [3.63, 3.8) is 0 Å². The molecule has 0 unspecified atom stereocenters. The van der Waals surface area contributed by atoms with Crippen LogP contribution in [-0.2, 0) is 6.54 Å². The van der Waals surface area contributed by atoms with Gasteiger partial charge in [0.25, 0.3) is 0 Å². The number of nitrogens with zero attached hydrogens (tertiary/aromatic N) is 2. The zero-order valence-electron chi connectivity index (χ0n) is 13.6. The summed E-state index contributed by atoms with van der Waals surface area (Å²) in [6, 6.07) is 8.49. The van der Waals surface area contributed by atoms with Crippen molar-refractivity contribution in [2.45, 2.75) is 26.8 Å². The Labute approximate surface area is 146 Å². The van der Waals surface area contributed by atoms with E-state index in [-0.39, 0.29) is 24.0 Å². The van der Waals surface area contributed by atoms with Gasteiger partial charge in [-0.05, 0) is 46.5 Å². The maximum atomic E-state index is 4.62. The Morgan fingerprint density at radius 2 is 2.00 bits per heavy atom. The standard InChI is InChI=1S/C16H28N4.HI/c1-5-17-16(18-10-7-11-20(3)4)19-13-15-9-6-8-14(2)12-15;/h6,8-9,12H,5,7,10-11,13H2,1-4H3,(H2,17,18,19);1H. The van der Waals surface area contributed by atoms with E-state index < -0.39 is 0 Å². The van der Waals surface area contributed by atoms with Crippen molar-refractivity contribution in [2.75, 3.05) is 33.7 Å². The molecular formula is C16H29IN4. The third kappa shape index (κ3) is 9.68. The summed E-state index contributed by atoms with van der Waals surface area (Å²) in [5.74, 6) is 0.896. The van der Waals surface area contributed by atoms with Gasteiger partial charge in [-0.1, -0.05) is 29.8 Å². The number of guanidine groups is 1. The van der Waals surface area contributed by atoms with E-state index in [1.807, 2.05) is 0 Å². The van der Waals surface area contributed by atoms with E-state index in [9.17, 15) is 0 Å². The molecule has 0 aromatic heterocycles. The number of hydrogen-bond donors (Lipinski definition) is 2. The molecule has 0 saturated heterocycles. The maximum absolute atomic E-state index is 4.62. The fourth-order valence-electron chi connectivity index (χ4n) is 1.92. The molecule has 0 bridgehead atoms. The summed E-state index contributed by atoms with van der Waals surface area (Å²) < 4.78 is 0. The number of rotatable bonds is 7. The lowest BCUT2D eigenvalue weighted by Gasteiger charge is -2.13. The van der Waals surface area contributed by atoms with E-state index in [0.29, 0.717) is 6.54 Å². The van der Waals surface area contributed by atoms with Crippen LogP contribution in [0.25, 0.3) is 0 Å². The lowest BCUT2D eigenvalue weighted by molar-refractivity contribution is 0.399. The van der Waals surface area contributed by atoms with Crippen LogP contribution >= 0.6 is 24.0 Å². The van der Waals surface area contributed by atoms with E-state index in [4.69, 9.17) is 0 Å². The van der Waals surface area contributed by atoms with Crippen LogP contribution in [0.1, 0.15) is 24.5 Å². The Hall–Kier alpha value is -0.820. The Morgan fingerprint density at radius 3 is 2.62 bits per heavy atom. The molecule has 4 nitrogen and oxygen atoms in total. The fraction of sp³-hybridized carbons (Fsp3) is 0.562. The number of nitrogens with one attached hydrogen (secondary N) is 2. The average molecular weight is 404 g/mol. The second-order valence-corrected chi connectivity index (χ2v) is 5.27. The van der Waals surface area contributed by atoms with Gasteiger partial charge < -0.3 is 15.5 Å². The molecule has 5 heteroatoms. The second kappa shape index (κ2) is 11.8. The lowest BCUT2D eigenvalue weighted by atomic mass is 10.1. The van der Waals surface area contributed by atoms with Crippen LogP contribution in [0.15, 0.2) is 29.3 Å². The van der Waals surface area contributed by atoms with Crippen molar-refractivity contribution < 1.29 is 0 Å². The number of benzene rings is 1. The maximum Gasteiger partial charge on any atom is 0.191 e. The number of hydrogen-bond acceptors (Lipinski definition) is 2. The van der Waals surface area contributed by atoms with Gasteiger partial charge in [0, 0.05) is 13.1 Å². The predicted molar refractivity (Wildman–Crippen MR) is 103 cm³/mol. The highest BCUT2D eigenvalue weighted by atomic mass is 127. The van der Waals surface area contributed by atoms with Crippen LogP contribution in [0.4, 0.5) is 0 Å². The molecule has 0 radical (unpaired) electrons. The molecule has 21 heavy (non-hydrogen) atoms. The smallest absolute Gasteiger partial charge is 0.191 e. The van der Waals surface area contributed by atoms with Gasteiger partial charge in [-0.2, -0.15) is 0 Å². The molecular weight excluding hydrogens is 375 g/mol. The highest BCUT2D eigenvalue weighted by molar-refractivity contribution is 14.0. The summed E-state index contributed by atoms with van der Waals surface area (Å²) in [4.78, 5) is 6.82. The first kappa shape index (κ1) is 20.2. The highest BCUT2D eigenvalue weighted by Gasteiger charge is 1.98. The minimum absolute atomic E-state index is 0. The van der Waals surface area contributed by atoms with Crippen molar-refractivity contribution in [1.82, 2.24) is 15.5 Å². The number of aryl methyl sites for hydroxylation is 1. The molecule has 1 aromatic carbocycles. The van der Waals surface area contributed by atoms with E-state index >= 15 is 0 Å². The van der Waals surface area contributed by atoms with Crippen LogP contribution < -0.4 is 10.6 Å². The van der Waals surface area contributed by atoms with Crippen molar-refractivity contribution in [2.24, 2.45) is 4.99 Å². The molecule has 0 atom stereocenters. The Kier molecular flexibility index (Phi) is 11.3. The molecule has 0 heterocycles. The summed E-state index contributed by atoms with van der Waals surface area (Å²) >= 11 is 0. The first-order valence-electron chi connectivity index (χ1n) is 7.34. The topological polar surface area (TPSA) is 39.7 Å². The number of aliphatic imine (C=N–C) groups is 1. The van der Waals surface area contributed by atoms with E-state index in [0.717, 1.165) is 32.0 Å². The van der Waals surface area contributed by atoms with Crippen LogP contribution in [0, 0.1) is 6.92 Å². The van der Waals surface area contributed by atoms with Crippen molar-refractivity contribution in [1.29, 1.82) is 0 Å². The molecule has 0 aliphatic heterocycles. The highest BCUT2D eigenvalue weighted by Crippen LogP contribution is 2.04. The van der Waals surface area contributed by atoms with Gasteiger partial charge in [0.05, 0.1) is 6.54 Å². The van der Waals surface area contributed by atoms with Gasteiger partial charge in [-0.25, -0.2) is 4.99 Å². The molecule has 1 aromatic rings. The average Bonchev–Trinajstić information content (AvgIpc) is 2.40. The molecule has 1 rings (SSSR count). The molecule has 0 fully saturated rings. The zero-order chi connectivity index (χ0) is 14.8. The zero-order valence-corrected chi connectivity index (χ0v) is 16.0. The first-order valence-corrected chi connectivity index (χ1v) is 7.34. The van der Waals surface area contributed by atoms with Crippen molar-refractivity contribution in [3.8, 4) is 0 Å². The van der Waals surface area contributed by atoms with Crippen molar-refractivity contribution >= 4 is 29.9 Å². The second-order valence-electron chi connectivity index (χ2n) is 5.27. The Morgan fingerprint density at radius 1 is 1.24 bits per heavy atom. The van der Waals surface area contributed by atoms with Crippen LogP contribution in [-0.4, -0.2) is 44.6 Å². The summed E-state index contributed by atoms with van der Waals surface area (Å²) in [6.45, 7) is 7.82. The summed E-state index contributed by atoms with van der Waals surface area (Å²) in [7, 11) is 4.19. The first-order chi connectivity index (χ1) is 9.61. The van der Waals surface area contributed by atoms with Crippen molar-refractivity contribution in [3.05, 3.63) is 35.4 Å². The molecule has 120 valence electrons. The Bertz CT molecular complexity index is 418. The molecule has 2 N–H and O–H groups in total. The quantitative estimate of drug-likeness (QED) is 0.318. The predicted octanol–water partition coefficient (Wildman–Crippen LogP) is 2.62. The monoisotopic (exact) mass is 404 g/mol. The SMILES string of the molecule is CCNC(=NCc1cccc(C)c1)NCCCN(C)C.I. The number of halogens is 1. The van der Waals surface area contributed by atoms with Gasteiger partial charge >= 0.3 is 0 Å². The molecule has 0 aliphatic carbocycles. The third-order valence-electron chi connectivity index (χ3n) is 2.92. The summed E-state index contributed by atoms with van der Waals surface area (Å²) in [5.41, 5.74) is 2.53. The Balaban J connectivity index is 0.00000400. The lowest BCUT2D eigenvalue weighted by Crippen LogP contribution is -2.38. The normalized spacial score (nSPS) is 11.2. The van der Waals surface area contributed by atoms with Gasteiger partial charge in [0.15, 0.2) is 5.96 Å². The summed E-state index contributed by atoms with van der Waals surface area (Å²) in [5, 5.41) is 6.65. The molecule has 0 amide bonds. The third-order valence-corrected chi connectivity index (χ3v) is 2.92. The minimum Gasteiger partial charge on any atom is -0.357 e. The molecule has 0 aliphatic rings. The van der Waals surface area contributed by atoms with Crippen LogP contribution in [0.2, 0.25) is 0 Å². The fourth-order valence-corrected chi connectivity index (χ4v) is 1.92. The van der Waals surface area contributed by atoms with Crippen LogP contribution in [0.5, 0.6) is 0 Å². The van der Waals surface area contributed by atoms with Gasteiger partial charge in [0.1, 0.15) is 0 Å². The van der Waals surface area contributed by atoms with Gasteiger partial charge in [0.2, 0.25) is 0 Å². The minimum atomic E-state index is 0. The van der Waals surface area contributed by atoms with Crippen LogP contribution in [0.3, 0.4) is 0 Å². The summed E-state index contributed by atoms with van der Waals surface area (Å²) in [6.07, 6.45) is 1.11. The van der Waals surface area contributed by atoms with Gasteiger partial charge in [-0.3, -0.25) is 0 Å². The van der Waals surface area contributed by atoms with Gasteiger partial charge in [-0.15, -0.1) is 24.0 Å². The van der Waals surface area contributed by atoms with E-state index in [1.165, 1.54) is 11.1 Å². The molecule has 0 saturated carbocycles. The largest absolute Gasteiger partial charge is 0.357 e.